The highest BCUT2D eigenvalue weighted by molar-refractivity contribution is 6.10. The van der Waals surface area contributed by atoms with Crippen molar-refractivity contribution in [3.63, 3.8) is 0 Å². The Kier molecular flexibility index (Phi) is 5.20. The standard InChI is InChI=1S/C30H33N5O3/c1-38-23-10-8-22(9-11-23)35-26-24(25(32-35)27(31)36)30(14-15-30)19-34(28(26)37)21-6-4-20(5-7-21)29(12-13-29)18-33-16-2-3-17-33/h4-11H,2-3,12-19H2,1H3,(H2,31,36). The van der Waals surface area contributed by atoms with Crippen molar-refractivity contribution in [1.29, 1.82) is 0 Å². The van der Waals surface area contributed by atoms with Crippen molar-refractivity contribution < 1.29 is 14.3 Å². The first kappa shape index (κ1) is 23.5. The summed E-state index contributed by atoms with van der Waals surface area (Å²) in [5.74, 6) is -0.0489. The summed E-state index contributed by atoms with van der Waals surface area (Å²) < 4.78 is 6.88. The summed E-state index contributed by atoms with van der Waals surface area (Å²) >= 11 is 0. The highest BCUT2D eigenvalue weighted by atomic mass is 16.5. The van der Waals surface area contributed by atoms with Crippen molar-refractivity contribution >= 4 is 17.5 Å². The molecule has 2 saturated carbocycles. The van der Waals surface area contributed by atoms with Gasteiger partial charge in [-0.2, -0.15) is 5.10 Å². The number of hydrogen-bond acceptors (Lipinski definition) is 5. The molecule has 2 amide bonds. The largest absolute Gasteiger partial charge is 0.497 e. The van der Waals surface area contributed by atoms with Gasteiger partial charge in [-0.15, -0.1) is 0 Å². The van der Waals surface area contributed by atoms with Crippen molar-refractivity contribution in [3.8, 4) is 11.4 Å². The zero-order chi connectivity index (χ0) is 26.1. The van der Waals surface area contributed by atoms with Gasteiger partial charge in [0.05, 0.1) is 12.8 Å². The third-order valence-electron chi connectivity index (χ3n) is 9.10. The van der Waals surface area contributed by atoms with Crippen LogP contribution in [0.3, 0.4) is 0 Å². The number of amides is 2. The molecule has 4 aliphatic rings. The van der Waals surface area contributed by atoms with Gasteiger partial charge < -0.3 is 20.3 Å². The molecule has 8 heteroatoms. The van der Waals surface area contributed by atoms with E-state index in [0.717, 1.165) is 25.1 Å². The number of carbonyl (C=O) groups is 2. The lowest BCUT2D eigenvalue weighted by Crippen LogP contribution is -2.44. The molecule has 8 nitrogen and oxygen atoms in total. The number of rotatable bonds is 7. The van der Waals surface area contributed by atoms with Gasteiger partial charge in [0, 0.05) is 35.2 Å². The third-order valence-corrected chi connectivity index (χ3v) is 9.10. The Morgan fingerprint density at radius 2 is 1.63 bits per heavy atom. The molecule has 0 bridgehead atoms. The number of nitrogens with zero attached hydrogens (tertiary/aromatic N) is 4. The molecular formula is C30H33N5O3. The monoisotopic (exact) mass is 511 g/mol. The van der Waals surface area contributed by atoms with Crippen LogP contribution >= 0.6 is 0 Å². The summed E-state index contributed by atoms with van der Waals surface area (Å²) in [5, 5.41) is 4.58. The van der Waals surface area contributed by atoms with E-state index in [-0.39, 0.29) is 22.4 Å². The highest BCUT2D eigenvalue weighted by Crippen LogP contribution is 2.55. The Balaban J connectivity index is 1.24. The number of fused-ring (bicyclic) bond motifs is 2. The number of ether oxygens (including phenoxy) is 1. The van der Waals surface area contributed by atoms with E-state index in [4.69, 9.17) is 10.5 Å². The van der Waals surface area contributed by atoms with E-state index >= 15 is 0 Å². The Labute approximate surface area is 222 Å². The lowest BCUT2D eigenvalue weighted by molar-refractivity contribution is 0.0966. The van der Waals surface area contributed by atoms with E-state index in [1.165, 1.54) is 44.3 Å². The maximum absolute atomic E-state index is 14.1. The molecule has 3 fully saturated rings. The number of methoxy groups -OCH3 is 1. The SMILES string of the molecule is COc1ccc(-n2nc(C(N)=O)c3c2C(=O)N(c2ccc(C4(CN5CCCC5)CC4)cc2)CC32CC2)cc1. The molecule has 1 spiro atoms. The average Bonchev–Trinajstić information content (AvgIpc) is 3.78. The minimum Gasteiger partial charge on any atom is -0.497 e. The molecule has 0 radical (unpaired) electrons. The molecule has 2 aliphatic carbocycles. The Hall–Kier alpha value is -3.65. The zero-order valence-electron chi connectivity index (χ0n) is 21.8. The van der Waals surface area contributed by atoms with Gasteiger partial charge in [-0.1, -0.05) is 12.1 Å². The van der Waals surface area contributed by atoms with Crippen molar-refractivity contribution in [2.75, 3.05) is 38.2 Å². The van der Waals surface area contributed by atoms with Crippen LogP contribution in [0.25, 0.3) is 5.69 Å². The Morgan fingerprint density at radius 3 is 2.21 bits per heavy atom. The predicted molar refractivity (Wildman–Crippen MR) is 144 cm³/mol. The summed E-state index contributed by atoms with van der Waals surface area (Å²) in [6.45, 7) is 4.09. The number of carbonyl (C=O) groups excluding carboxylic acids is 2. The third kappa shape index (κ3) is 3.65. The smallest absolute Gasteiger partial charge is 0.277 e. The van der Waals surface area contributed by atoms with Crippen LogP contribution in [0.1, 0.15) is 70.6 Å². The maximum Gasteiger partial charge on any atom is 0.277 e. The van der Waals surface area contributed by atoms with Gasteiger partial charge in [-0.25, -0.2) is 4.68 Å². The summed E-state index contributed by atoms with van der Waals surface area (Å²) in [5.41, 5.74) is 10.0. The number of benzene rings is 2. The fourth-order valence-electron chi connectivity index (χ4n) is 6.60. The van der Waals surface area contributed by atoms with Gasteiger partial charge in [-0.3, -0.25) is 9.59 Å². The van der Waals surface area contributed by atoms with Gasteiger partial charge >= 0.3 is 0 Å². The number of aromatic nitrogens is 2. The molecule has 0 atom stereocenters. The van der Waals surface area contributed by atoms with E-state index in [1.807, 2.05) is 29.2 Å². The van der Waals surface area contributed by atoms with Crippen LogP contribution in [0.4, 0.5) is 5.69 Å². The lowest BCUT2D eigenvalue weighted by Gasteiger charge is -2.34. The molecule has 3 heterocycles. The van der Waals surface area contributed by atoms with Crippen molar-refractivity contribution in [2.45, 2.75) is 49.4 Å². The minimum atomic E-state index is -0.599. The molecule has 38 heavy (non-hydrogen) atoms. The van der Waals surface area contributed by atoms with E-state index < -0.39 is 5.91 Å². The number of anilines is 1. The van der Waals surface area contributed by atoms with Crippen molar-refractivity contribution in [1.82, 2.24) is 14.7 Å². The quantitative estimate of drug-likeness (QED) is 0.521. The molecule has 1 saturated heterocycles. The minimum absolute atomic E-state index is 0.153. The second-order valence-corrected chi connectivity index (χ2v) is 11.5. The van der Waals surface area contributed by atoms with Crippen LogP contribution in [0, 0.1) is 0 Å². The van der Waals surface area contributed by atoms with E-state index in [2.05, 4.69) is 34.3 Å². The van der Waals surface area contributed by atoms with Crippen LogP contribution in [0.5, 0.6) is 5.75 Å². The first-order valence-electron chi connectivity index (χ1n) is 13.7. The topological polar surface area (TPSA) is 93.7 Å². The van der Waals surface area contributed by atoms with Gasteiger partial charge in [0.2, 0.25) is 0 Å². The normalized spacial score (nSPS) is 21.0. The molecule has 1 aromatic heterocycles. The van der Waals surface area contributed by atoms with E-state index in [0.29, 0.717) is 29.2 Å². The first-order valence-corrected chi connectivity index (χ1v) is 13.7. The summed E-state index contributed by atoms with van der Waals surface area (Å²) in [6, 6.07) is 16.0. The van der Waals surface area contributed by atoms with Gasteiger partial charge in [-0.05, 0) is 93.6 Å². The van der Waals surface area contributed by atoms with Crippen molar-refractivity contribution in [3.05, 3.63) is 71.0 Å². The highest BCUT2D eigenvalue weighted by Gasteiger charge is 2.56. The second kappa shape index (κ2) is 8.43. The van der Waals surface area contributed by atoms with Crippen LogP contribution < -0.4 is 15.4 Å². The second-order valence-electron chi connectivity index (χ2n) is 11.5. The maximum atomic E-state index is 14.1. The average molecular weight is 512 g/mol. The van der Waals surface area contributed by atoms with Gasteiger partial charge in [0.15, 0.2) is 5.69 Å². The lowest BCUT2D eigenvalue weighted by atomic mass is 9.87. The molecule has 2 N–H and O–H groups in total. The fraction of sp³-hybridized carbons (Fsp3) is 0.433. The molecule has 196 valence electrons. The molecule has 7 rings (SSSR count). The van der Waals surface area contributed by atoms with E-state index in [9.17, 15) is 9.59 Å². The zero-order valence-corrected chi connectivity index (χ0v) is 21.8. The number of hydrogen-bond donors (Lipinski definition) is 1. The van der Waals surface area contributed by atoms with Crippen LogP contribution in [0.2, 0.25) is 0 Å². The Bertz CT molecular complexity index is 1410. The Morgan fingerprint density at radius 1 is 0.974 bits per heavy atom. The molecular weight excluding hydrogens is 478 g/mol. The fourth-order valence-corrected chi connectivity index (χ4v) is 6.60. The number of nitrogens with two attached hydrogens (primary N) is 1. The first-order chi connectivity index (χ1) is 18.4. The molecule has 2 aromatic carbocycles. The summed E-state index contributed by atoms with van der Waals surface area (Å²) in [4.78, 5) is 31.0. The summed E-state index contributed by atoms with van der Waals surface area (Å²) in [7, 11) is 1.61. The number of likely N-dealkylation sites (tertiary alicyclic amines) is 1. The summed E-state index contributed by atoms with van der Waals surface area (Å²) in [6.07, 6.45) is 6.87. The van der Waals surface area contributed by atoms with E-state index in [1.54, 1.807) is 11.8 Å². The molecule has 0 unspecified atom stereocenters. The van der Waals surface area contributed by atoms with Crippen LogP contribution in [-0.4, -0.2) is 59.8 Å². The van der Waals surface area contributed by atoms with Crippen LogP contribution in [-0.2, 0) is 10.8 Å². The van der Waals surface area contributed by atoms with Crippen LogP contribution in [0.15, 0.2) is 48.5 Å². The van der Waals surface area contributed by atoms with Crippen molar-refractivity contribution in [2.24, 2.45) is 5.73 Å². The number of primary amides is 1. The molecule has 2 aliphatic heterocycles. The van der Waals surface area contributed by atoms with Gasteiger partial charge in [0.25, 0.3) is 11.8 Å². The predicted octanol–water partition coefficient (Wildman–Crippen LogP) is 3.80. The molecule has 3 aromatic rings. The van der Waals surface area contributed by atoms with Gasteiger partial charge in [0.1, 0.15) is 11.4 Å².